The number of para-hydroxylation sites is 1. The van der Waals surface area contributed by atoms with Gasteiger partial charge in [0.2, 0.25) is 5.91 Å². The maximum absolute atomic E-state index is 14.0. The van der Waals surface area contributed by atoms with E-state index in [0.717, 1.165) is 41.1 Å². The third kappa shape index (κ3) is 8.82. The van der Waals surface area contributed by atoms with E-state index in [2.05, 4.69) is 15.6 Å². The Morgan fingerprint density at radius 2 is 1.65 bits per heavy atom. The molecule has 0 saturated heterocycles. The molecule has 274 valence electrons. The van der Waals surface area contributed by atoms with Crippen molar-refractivity contribution in [3.63, 3.8) is 0 Å². The molecule has 1 fully saturated rings. The number of aliphatic carboxylic acids is 1. The van der Waals surface area contributed by atoms with Crippen molar-refractivity contribution >= 4 is 40.4 Å². The summed E-state index contributed by atoms with van der Waals surface area (Å²) in [7, 11) is 0. The lowest BCUT2D eigenvalue weighted by molar-refractivity contribution is -0.131. The van der Waals surface area contributed by atoms with Crippen LogP contribution in [0, 0.1) is 0 Å². The van der Waals surface area contributed by atoms with Gasteiger partial charge in [0.15, 0.2) is 0 Å². The van der Waals surface area contributed by atoms with E-state index in [1.165, 1.54) is 31.0 Å². The van der Waals surface area contributed by atoms with Crippen molar-refractivity contribution in [1.29, 1.82) is 0 Å². The van der Waals surface area contributed by atoms with Crippen molar-refractivity contribution < 1.29 is 24.2 Å². The topological polar surface area (TPSA) is 140 Å². The molecule has 1 atom stereocenters. The van der Waals surface area contributed by atoms with Crippen molar-refractivity contribution in [2.75, 3.05) is 5.32 Å². The number of carboxylic acids is 1. The van der Waals surface area contributed by atoms with Gasteiger partial charge in [-0.2, -0.15) is 5.10 Å². The average molecular weight is 723 g/mol. The first-order chi connectivity index (χ1) is 26.4. The van der Waals surface area contributed by atoms with Gasteiger partial charge in [-0.05, 0) is 66.4 Å². The van der Waals surface area contributed by atoms with Gasteiger partial charge in [0.05, 0.1) is 29.8 Å². The molecular formula is C43H42N6O5. The third-order valence-corrected chi connectivity index (χ3v) is 9.74. The minimum atomic E-state index is -1.05. The molecule has 1 saturated carbocycles. The zero-order valence-electron chi connectivity index (χ0n) is 29.8. The van der Waals surface area contributed by atoms with Gasteiger partial charge in [-0.15, -0.1) is 0 Å². The number of nitrogens with zero attached hydrogens (tertiary/aromatic N) is 4. The second kappa shape index (κ2) is 17.0. The van der Waals surface area contributed by atoms with Gasteiger partial charge in [0.25, 0.3) is 5.91 Å². The maximum Gasteiger partial charge on any atom is 0.328 e. The molecule has 54 heavy (non-hydrogen) atoms. The summed E-state index contributed by atoms with van der Waals surface area (Å²) in [4.78, 5) is 43.2. The number of carboxylic acid groups (broad SMARTS) is 1. The van der Waals surface area contributed by atoms with Crippen molar-refractivity contribution in [2.45, 2.75) is 63.8 Å². The molecule has 2 heterocycles. The molecular weight excluding hydrogens is 681 g/mol. The number of rotatable bonds is 14. The van der Waals surface area contributed by atoms with Crippen molar-refractivity contribution in [2.24, 2.45) is 0 Å². The van der Waals surface area contributed by atoms with Crippen LogP contribution in [0.25, 0.3) is 22.7 Å². The summed E-state index contributed by atoms with van der Waals surface area (Å²) in [5.41, 5.74) is 6.16. The summed E-state index contributed by atoms with van der Waals surface area (Å²) in [6.45, 7) is 0.615. The Balaban J connectivity index is 1.14. The first-order valence-electron chi connectivity index (χ1n) is 18.2. The number of aromatic nitrogens is 4. The van der Waals surface area contributed by atoms with Gasteiger partial charge in [-0.25, -0.2) is 14.5 Å². The summed E-state index contributed by atoms with van der Waals surface area (Å²) in [5.74, 6) is -1.51. The number of carbonyl (C=O) groups is 3. The van der Waals surface area contributed by atoms with Gasteiger partial charge >= 0.3 is 5.97 Å². The van der Waals surface area contributed by atoms with Crippen molar-refractivity contribution in [3.05, 3.63) is 150 Å². The quantitative estimate of drug-likeness (QED) is 0.0989. The van der Waals surface area contributed by atoms with E-state index in [1.807, 2.05) is 76.0 Å². The second-order valence-electron chi connectivity index (χ2n) is 13.5. The minimum Gasteiger partial charge on any atom is -0.478 e. The van der Waals surface area contributed by atoms with Crippen molar-refractivity contribution in [3.8, 4) is 5.69 Å². The van der Waals surface area contributed by atoms with E-state index in [-0.39, 0.29) is 13.2 Å². The molecule has 2 amide bonds. The molecule has 0 spiro atoms. The fourth-order valence-corrected chi connectivity index (χ4v) is 6.99. The molecule has 7 rings (SSSR count). The summed E-state index contributed by atoms with van der Waals surface area (Å²) in [5, 5.41) is 20.9. The standard InChI is InChI=1S/C43H42N6O5/c50-40(51)23-18-30-16-20-34(21-17-30)45-43(53)39(25-36-26-44-28-48(36)29-54-27-31-10-4-1-5-11-31)46-42(52)33-19-22-37-38(24-33)47-49(35-14-8-3-9-15-35)41(37)32-12-6-2-7-13-32/h1,3-5,8-11,14-24,26,28,32,39H,2,6-7,12-13,25,27,29H2,(H,45,53)(H,46,52)(H,50,51)/t39-/m0/s1. The van der Waals surface area contributed by atoms with Crippen LogP contribution in [0.5, 0.6) is 0 Å². The molecule has 11 nitrogen and oxygen atoms in total. The molecule has 1 aliphatic carbocycles. The number of imidazole rings is 1. The highest BCUT2D eigenvalue weighted by molar-refractivity contribution is 6.03. The Kier molecular flexibility index (Phi) is 11.3. The van der Waals surface area contributed by atoms with Crippen LogP contribution >= 0.6 is 0 Å². The first kappa shape index (κ1) is 36.0. The zero-order valence-corrected chi connectivity index (χ0v) is 29.8. The van der Waals surface area contributed by atoms with Crippen molar-refractivity contribution in [1.82, 2.24) is 24.6 Å². The molecule has 6 aromatic rings. The van der Waals surface area contributed by atoms with Crippen LogP contribution in [-0.4, -0.2) is 48.3 Å². The van der Waals surface area contributed by atoms with E-state index < -0.39 is 23.8 Å². The minimum absolute atomic E-state index is 0.141. The van der Waals surface area contributed by atoms with E-state index in [9.17, 15) is 14.4 Å². The SMILES string of the molecule is O=C(O)C=Cc1ccc(NC(=O)[C@H](Cc2cncn2COCc2ccccc2)NC(=O)c2ccc3c(C4CCCCC4)n(-c4ccccc4)nc3c2)cc1. The Hall–Kier alpha value is -6.33. The third-order valence-electron chi connectivity index (χ3n) is 9.74. The molecule has 0 radical (unpaired) electrons. The lowest BCUT2D eigenvalue weighted by atomic mass is 9.85. The number of nitrogens with one attached hydrogen (secondary N) is 2. The zero-order chi connectivity index (χ0) is 37.3. The number of benzene rings is 4. The van der Waals surface area contributed by atoms with Gasteiger partial charge in [-0.3, -0.25) is 9.59 Å². The van der Waals surface area contributed by atoms with Crippen LogP contribution in [0.15, 0.2) is 122 Å². The molecule has 0 unspecified atom stereocenters. The van der Waals surface area contributed by atoms with Crippen LogP contribution in [0.4, 0.5) is 5.69 Å². The fraction of sp³-hybridized carbons (Fsp3) is 0.233. The highest BCUT2D eigenvalue weighted by atomic mass is 16.5. The Morgan fingerprint density at radius 1 is 0.907 bits per heavy atom. The Labute approximate surface area is 313 Å². The summed E-state index contributed by atoms with van der Waals surface area (Å²) in [6.07, 6.45) is 11.8. The summed E-state index contributed by atoms with van der Waals surface area (Å²) in [6, 6.07) is 31.3. The van der Waals surface area contributed by atoms with Crippen LogP contribution in [0.3, 0.4) is 0 Å². The van der Waals surface area contributed by atoms with Gasteiger partial charge in [0, 0.05) is 46.9 Å². The van der Waals surface area contributed by atoms with Gasteiger partial charge in [-0.1, -0.05) is 86.0 Å². The van der Waals surface area contributed by atoms with Crippen LogP contribution < -0.4 is 10.6 Å². The molecule has 4 aromatic carbocycles. The van der Waals surface area contributed by atoms with Crippen LogP contribution in [0.1, 0.15) is 70.9 Å². The Bertz CT molecular complexity index is 2240. The summed E-state index contributed by atoms with van der Waals surface area (Å²) >= 11 is 0. The van der Waals surface area contributed by atoms with Gasteiger partial charge < -0.3 is 25.0 Å². The predicted octanol–water partition coefficient (Wildman–Crippen LogP) is 7.52. The summed E-state index contributed by atoms with van der Waals surface area (Å²) < 4.78 is 9.79. The van der Waals surface area contributed by atoms with E-state index in [4.69, 9.17) is 14.9 Å². The smallest absolute Gasteiger partial charge is 0.328 e. The number of anilines is 1. The predicted molar refractivity (Wildman–Crippen MR) is 207 cm³/mol. The van der Waals surface area contributed by atoms with Gasteiger partial charge in [0.1, 0.15) is 12.8 Å². The monoisotopic (exact) mass is 722 g/mol. The molecule has 2 aromatic heterocycles. The molecule has 0 bridgehead atoms. The molecule has 0 aliphatic heterocycles. The highest BCUT2D eigenvalue weighted by Crippen LogP contribution is 2.38. The molecule has 1 aliphatic rings. The highest BCUT2D eigenvalue weighted by Gasteiger charge is 2.27. The number of amides is 2. The average Bonchev–Trinajstić information content (AvgIpc) is 3.82. The number of carbonyl (C=O) groups excluding carboxylic acids is 2. The number of fused-ring (bicyclic) bond motifs is 1. The van der Waals surface area contributed by atoms with E-state index in [1.54, 1.807) is 48.9 Å². The fourth-order valence-electron chi connectivity index (χ4n) is 6.99. The lowest BCUT2D eigenvalue weighted by Gasteiger charge is -2.23. The first-order valence-corrected chi connectivity index (χ1v) is 18.2. The second-order valence-corrected chi connectivity index (χ2v) is 13.5. The van der Waals surface area contributed by atoms with E-state index in [0.29, 0.717) is 35.0 Å². The van der Waals surface area contributed by atoms with Crippen LogP contribution in [0.2, 0.25) is 0 Å². The molecule has 11 heteroatoms. The maximum atomic E-state index is 14.0. The number of ether oxygens (including phenoxy) is 1. The lowest BCUT2D eigenvalue weighted by Crippen LogP contribution is -2.45. The van der Waals surface area contributed by atoms with Crippen LogP contribution in [-0.2, 0) is 34.1 Å². The normalized spacial score (nSPS) is 13.9. The Morgan fingerprint density at radius 3 is 2.39 bits per heavy atom. The number of hydrogen-bond donors (Lipinski definition) is 3. The number of hydrogen-bond acceptors (Lipinski definition) is 6. The largest absolute Gasteiger partial charge is 0.478 e. The molecule has 3 N–H and O–H groups in total. The van der Waals surface area contributed by atoms with E-state index >= 15 is 0 Å².